The number of nitrogens with zero attached hydrogens (tertiary/aromatic N) is 3. The van der Waals surface area contributed by atoms with Gasteiger partial charge in [0.15, 0.2) is 5.82 Å². The Morgan fingerprint density at radius 2 is 2.23 bits per heavy atom. The number of carbonyl (C=O) groups excluding carboxylic acids is 1. The molecule has 1 N–H and O–H groups in total. The number of benzene rings is 1. The molecule has 0 bridgehead atoms. The molecule has 2 heterocycles. The van der Waals surface area contributed by atoms with Crippen LogP contribution < -0.4 is 0 Å². The molecule has 1 atom stereocenters. The topological polar surface area (TPSA) is 79.5 Å². The molecule has 0 aliphatic carbocycles. The molecule has 22 heavy (non-hydrogen) atoms. The zero-order chi connectivity index (χ0) is 15.5. The van der Waals surface area contributed by atoms with Crippen LogP contribution in [0.1, 0.15) is 47.9 Å². The second-order valence-corrected chi connectivity index (χ2v) is 5.73. The monoisotopic (exact) mass is 321 g/mol. The van der Waals surface area contributed by atoms with Crippen molar-refractivity contribution in [3.63, 3.8) is 0 Å². The third kappa shape index (κ3) is 2.92. The number of carbonyl (C=O) groups is 1. The maximum atomic E-state index is 12.8. The zero-order valence-corrected chi connectivity index (χ0v) is 12.7. The highest BCUT2D eigenvalue weighted by Gasteiger charge is 2.30. The smallest absolute Gasteiger partial charge is 0.254 e. The van der Waals surface area contributed by atoms with Crippen LogP contribution in [0.25, 0.3) is 0 Å². The first kappa shape index (κ1) is 14.8. The molecule has 0 unspecified atom stereocenters. The van der Waals surface area contributed by atoms with Gasteiger partial charge >= 0.3 is 0 Å². The molecule has 0 radical (unpaired) electrons. The normalized spacial score (nSPS) is 19.0. The first-order valence-corrected chi connectivity index (χ1v) is 7.60. The number of phenols is 1. The van der Waals surface area contributed by atoms with Crippen molar-refractivity contribution < 1.29 is 14.4 Å². The molecule has 116 valence electrons. The number of hydrogen-bond donors (Lipinski definition) is 1. The molecular weight excluding hydrogens is 306 g/mol. The van der Waals surface area contributed by atoms with Gasteiger partial charge in [0, 0.05) is 12.1 Å². The average Bonchev–Trinajstić information content (AvgIpc) is 2.94. The van der Waals surface area contributed by atoms with Gasteiger partial charge in [-0.05, 0) is 31.0 Å². The van der Waals surface area contributed by atoms with E-state index in [1.807, 2.05) is 0 Å². The molecule has 1 aliphatic heterocycles. The minimum atomic E-state index is -0.193. The molecule has 1 aromatic carbocycles. The van der Waals surface area contributed by atoms with Gasteiger partial charge in [-0.25, -0.2) is 0 Å². The summed E-state index contributed by atoms with van der Waals surface area (Å²) in [6.45, 7) is 0.635. The Kier molecular flexibility index (Phi) is 4.29. The molecule has 1 aromatic heterocycles. The summed E-state index contributed by atoms with van der Waals surface area (Å²) in [4.78, 5) is 18.7. The standard InChI is InChI=1S/C15H16ClN3O3/c16-11-8-10(5-6-13(11)20)15(21)19-7-3-1-2-4-12(19)14-17-9-22-18-14/h5-6,8-9,12,20H,1-4,7H2/t12-/m0/s1. The maximum absolute atomic E-state index is 12.8. The third-order valence-corrected chi connectivity index (χ3v) is 4.19. The SMILES string of the molecule is O=C(c1ccc(O)c(Cl)c1)N1CCCCC[C@H]1c1ncon1. The lowest BCUT2D eigenvalue weighted by molar-refractivity contribution is 0.0670. The van der Waals surface area contributed by atoms with Gasteiger partial charge in [-0.3, -0.25) is 4.79 Å². The second-order valence-electron chi connectivity index (χ2n) is 5.32. The van der Waals surface area contributed by atoms with E-state index in [2.05, 4.69) is 10.1 Å². The molecule has 0 spiro atoms. The minimum absolute atomic E-state index is 0.0381. The van der Waals surface area contributed by atoms with Crippen LogP contribution >= 0.6 is 11.6 Å². The number of aromatic nitrogens is 2. The molecule has 2 aromatic rings. The average molecular weight is 322 g/mol. The van der Waals surface area contributed by atoms with E-state index < -0.39 is 0 Å². The maximum Gasteiger partial charge on any atom is 0.254 e. The van der Waals surface area contributed by atoms with Crippen molar-refractivity contribution in [1.29, 1.82) is 0 Å². The van der Waals surface area contributed by atoms with Crippen molar-refractivity contribution in [3.05, 3.63) is 41.0 Å². The van der Waals surface area contributed by atoms with E-state index in [1.165, 1.54) is 18.5 Å². The van der Waals surface area contributed by atoms with Crippen LogP contribution in [0, 0.1) is 0 Å². The Balaban J connectivity index is 1.91. The molecule has 1 saturated heterocycles. The fourth-order valence-corrected chi connectivity index (χ4v) is 2.93. The van der Waals surface area contributed by atoms with E-state index in [4.69, 9.17) is 16.1 Å². The van der Waals surface area contributed by atoms with E-state index in [9.17, 15) is 9.90 Å². The third-order valence-electron chi connectivity index (χ3n) is 3.88. The lowest BCUT2D eigenvalue weighted by Crippen LogP contribution is -2.35. The zero-order valence-electron chi connectivity index (χ0n) is 11.9. The summed E-state index contributed by atoms with van der Waals surface area (Å²) in [6.07, 6.45) is 5.09. The van der Waals surface area contributed by atoms with Crippen LogP contribution in [0.4, 0.5) is 0 Å². The summed E-state index contributed by atoms with van der Waals surface area (Å²) in [6, 6.07) is 4.29. The van der Waals surface area contributed by atoms with Crippen LogP contribution in [0.2, 0.25) is 5.02 Å². The van der Waals surface area contributed by atoms with Crippen LogP contribution in [-0.4, -0.2) is 32.6 Å². The number of halogens is 1. The number of amides is 1. The summed E-state index contributed by atoms with van der Waals surface area (Å²) < 4.78 is 4.82. The predicted molar refractivity (Wildman–Crippen MR) is 79.7 cm³/mol. The van der Waals surface area contributed by atoms with Crippen LogP contribution in [0.15, 0.2) is 29.1 Å². The molecule has 7 heteroatoms. The van der Waals surface area contributed by atoms with E-state index in [0.29, 0.717) is 17.9 Å². The first-order valence-electron chi connectivity index (χ1n) is 7.22. The van der Waals surface area contributed by atoms with E-state index in [0.717, 1.165) is 25.7 Å². The highest BCUT2D eigenvalue weighted by atomic mass is 35.5. The molecule has 6 nitrogen and oxygen atoms in total. The largest absolute Gasteiger partial charge is 0.506 e. The number of likely N-dealkylation sites (tertiary alicyclic amines) is 1. The summed E-state index contributed by atoms with van der Waals surface area (Å²) in [5, 5.41) is 13.6. The van der Waals surface area contributed by atoms with Gasteiger partial charge in [0.25, 0.3) is 5.91 Å². The van der Waals surface area contributed by atoms with Gasteiger partial charge in [-0.2, -0.15) is 4.98 Å². The molecular formula is C15H16ClN3O3. The summed E-state index contributed by atoms with van der Waals surface area (Å²) >= 11 is 5.90. The summed E-state index contributed by atoms with van der Waals surface area (Å²) in [5.41, 5.74) is 0.443. The molecule has 1 amide bonds. The van der Waals surface area contributed by atoms with Gasteiger partial charge in [0.2, 0.25) is 6.39 Å². The molecule has 0 saturated carbocycles. The number of aromatic hydroxyl groups is 1. The molecule has 1 fully saturated rings. The van der Waals surface area contributed by atoms with Gasteiger partial charge in [-0.1, -0.05) is 29.6 Å². The minimum Gasteiger partial charge on any atom is -0.506 e. The van der Waals surface area contributed by atoms with Gasteiger partial charge in [0.1, 0.15) is 5.75 Å². The van der Waals surface area contributed by atoms with Crippen molar-refractivity contribution in [2.45, 2.75) is 31.7 Å². The fourth-order valence-electron chi connectivity index (χ4n) is 2.75. The summed E-state index contributed by atoms with van der Waals surface area (Å²) in [5.74, 6) is 0.350. The number of rotatable bonds is 2. The lowest BCUT2D eigenvalue weighted by Gasteiger charge is -2.28. The number of phenolic OH excluding ortho intramolecular Hbond substituents is 1. The van der Waals surface area contributed by atoms with Crippen molar-refractivity contribution >= 4 is 17.5 Å². The predicted octanol–water partition coefficient (Wildman–Crippen LogP) is 3.19. The number of hydrogen-bond acceptors (Lipinski definition) is 5. The first-order chi connectivity index (χ1) is 10.7. The second kappa shape index (κ2) is 6.36. The molecule has 1 aliphatic rings. The highest BCUT2D eigenvalue weighted by molar-refractivity contribution is 6.32. The Bertz CT molecular complexity index is 660. The highest BCUT2D eigenvalue weighted by Crippen LogP contribution is 2.31. The van der Waals surface area contributed by atoms with Crippen molar-refractivity contribution in [2.75, 3.05) is 6.54 Å². The Labute approximate surface area is 132 Å². The molecule has 3 rings (SSSR count). The van der Waals surface area contributed by atoms with E-state index in [-0.39, 0.29) is 22.7 Å². The van der Waals surface area contributed by atoms with Crippen LogP contribution in [0.5, 0.6) is 5.75 Å². The van der Waals surface area contributed by atoms with Gasteiger partial charge in [0.05, 0.1) is 11.1 Å². The fraction of sp³-hybridized carbons (Fsp3) is 0.400. The van der Waals surface area contributed by atoms with E-state index >= 15 is 0 Å². The Morgan fingerprint density at radius 3 is 2.95 bits per heavy atom. The van der Waals surface area contributed by atoms with Crippen molar-refractivity contribution in [1.82, 2.24) is 15.0 Å². The van der Waals surface area contributed by atoms with Crippen LogP contribution in [0.3, 0.4) is 0 Å². The Hall–Kier alpha value is -2.08. The van der Waals surface area contributed by atoms with Gasteiger partial charge in [-0.15, -0.1) is 0 Å². The van der Waals surface area contributed by atoms with Gasteiger partial charge < -0.3 is 14.5 Å². The summed E-state index contributed by atoms with van der Waals surface area (Å²) in [7, 11) is 0. The quantitative estimate of drug-likeness (QED) is 0.919. The van der Waals surface area contributed by atoms with E-state index in [1.54, 1.807) is 11.0 Å². The lowest BCUT2D eigenvalue weighted by atomic mass is 10.1. The van der Waals surface area contributed by atoms with Crippen molar-refractivity contribution in [3.8, 4) is 5.75 Å². The van der Waals surface area contributed by atoms with Crippen molar-refractivity contribution in [2.24, 2.45) is 0 Å². The van der Waals surface area contributed by atoms with Crippen LogP contribution in [-0.2, 0) is 0 Å². The Morgan fingerprint density at radius 1 is 1.36 bits per heavy atom.